The van der Waals surface area contributed by atoms with Gasteiger partial charge in [0.1, 0.15) is 0 Å². The highest BCUT2D eigenvalue weighted by molar-refractivity contribution is 7.91. The molecule has 160 valence electrons. The quantitative estimate of drug-likeness (QED) is 0.606. The molecule has 0 saturated heterocycles. The molecule has 1 N–H and O–H groups in total. The second-order valence-corrected chi connectivity index (χ2v) is 10.2. The predicted molar refractivity (Wildman–Crippen MR) is 122 cm³/mol. The van der Waals surface area contributed by atoms with Crippen LogP contribution in [0.4, 0.5) is 5.69 Å². The first kappa shape index (κ1) is 21.3. The van der Waals surface area contributed by atoms with Crippen LogP contribution in [0.2, 0.25) is 0 Å². The number of nitrogens with zero attached hydrogens (tertiary/aromatic N) is 1. The van der Waals surface area contributed by atoms with Gasteiger partial charge in [0, 0.05) is 25.3 Å². The molecule has 6 heteroatoms. The first-order valence-electron chi connectivity index (χ1n) is 10.4. The third kappa shape index (κ3) is 5.21. The van der Waals surface area contributed by atoms with Crippen LogP contribution in [0.3, 0.4) is 0 Å². The van der Waals surface area contributed by atoms with Crippen molar-refractivity contribution in [2.24, 2.45) is 0 Å². The number of amides is 1. The van der Waals surface area contributed by atoms with Crippen molar-refractivity contribution in [3.63, 3.8) is 0 Å². The van der Waals surface area contributed by atoms with Gasteiger partial charge in [-0.25, -0.2) is 8.42 Å². The second-order valence-electron chi connectivity index (χ2n) is 7.88. The van der Waals surface area contributed by atoms with E-state index in [2.05, 4.69) is 34.5 Å². The Bertz CT molecular complexity index is 1150. The van der Waals surface area contributed by atoms with E-state index in [1.807, 2.05) is 24.3 Å². The summed E-state index contributed by atoms with van der Waals surface area (Å²) in [6.45, 7) is 4.42. The minimum absolute atomic E-state index is 0.0630. The van der Waals surface area contributed by atoms with Crippen LogP contribution >= 0.6 is 0 Å². The van der Waals surface area contributed by atoms with Crippen LogP contribution in [0, 0.1) is 0 Å². The van der Waals surface area contributed by atoms with E-state index in [0.29, 0.717) is 0 Å². The molecule has 31 heavy (non-hydrogen) atoms. The van der Waals surface area contributed by atoms with Gasteiger partial charge in [-0.3, -0.25) is 9.69 Å². The number of benzene rings is 3. The molecule has 0 atom stereocenters. The van der Waals surface area contributed by atoms with Crippen molar-refractivity contribution < 1.29 is 13.2 Å². The van der Waals surface area contributed by atoms with Crippen LogP contribution < -0.4 is 5.32 Å². The van der Waals surface area contributed by atoms with Gasteiger partial charge in [0.05, 0.1) is 17.1 Å². The predicted octanol–water partition coefficient (Wildman–Crippen LogP) is 4.18. The maximum Gasteiger partial charge on any atom is 0.228 e. The third-order valence-corrected chi connectivity index (χ3v) is 7.33. The fraction of sp³-hybridized carbons (Fsp3) is 0.240. The van der Waals surface area contributed by atoms with E-state index in [1.54, 1.807) is 31.2 Å². The fourth-order valence-electron chi connectivity index (χ4n) is 3.84. The maximum atomic E-state index is 12.4. The molecule has 4 rings (SSSR count). The monoisotopic (exact) mass is 434 g/mol. The van der Waals surface area contributed by atoms with E-state index in [9.17, 15) is 13.2 Å². The Morgan fingerprint density at radius 1 is 0.871 bits per heavy atom. The van der Waals surface area contributed by atoms with E-state index in [4.69, 9.17) is 0 Å². The van der Waals surface area contributed by atoms with Crippen LogP contribution in [0.5, 0.6) is 0 Å². The Kier molecular flexibility index (Phi) is 6.20. The average Bonchev–Trinajstić information content (AvgIpc) is 3.18. The number of anilines is 1. The lowest BCUT2D eigenvalue weighted by atomic mass is 10.1. The van der Waals surface area contributed by atoms with Gasteiger partial charge >= 0.3 is 0 Å². The topological polar surface area (TPSA) is 66.5 Å². The summed E-state index contributed by atoms with van der Waals surface area (Å²) in [4.78, 5) is 15.1. The number of carbonyl (C=O) groups is 1. The molecule has 0 bridgehead atoms. The van der Waals surface area contributed by atoms with E-state index < -0.39 is 9.84 Å². The molecule has 0 aliphatic carbocycles. The summed E-state index contributed by atoms with van der Waals surface area (Å²) < 4.78 is 23.8. The fourth-order valence-corrected chi connectivity index (χ4v) is 4.72. The molecule has 0 fully saturated rings. The van der Waals surface area contributed by atoms with Crippen molar-refractivity contribution >= 4 is 21.4 Å². The lowest BCUT2D eigenvalue weighted by Gasteiger charge is -2.15. The van der Waals surface area contributed by atoms with Crippen molar-refractivity contribution in [3.05, 3.63) is 95.1 Å². The summed E-state index contributed by atoms with van der Waals surface area (Å²) in [5, 5.41) is 2.91. The zero-order chi connectivity index (χ0) is 21.8. The summed E-state index contributed by atoms with van der Waals surface area (Å²) in [6.07, 6.45) is 0.195. The Labute approximate surface area is 183 Å². The van der Waals surface area contributed by atoms with Gasteiger partial charge in [0.15, 0.2) is 9.84 Å². The molecule has 0 radical (unpaired) electrons. The molecule has 1 amide bonds. The summed E-state index contributed by atoms with van der Waals surface area (Å²) in [5.74, 6) is -0.0677. The molecule has 0 saturated carbocycles. The molecule has 1 aliphatic heterocycles. The highest BCUT2D eigenvalue weighted by Crippen LogP contribution is 2.24. The van der Waals surface area contributed by atoms with Gasteiger partial charge in [-0.05, 0) is 46.5 Å². The minimum Gasteiger partial charge on any atom is -0.326 e. The van der Waals surface area contributed by atoms with E-state index >= 15 is 0 Å². The Balaban J connectivity index is 1.30. The van der Waals surface area contributed by atoms with Gasteiger partial charge in [-0.2, -0.15) is 0 Å². The number of hydrogen-bond acceptors (Lipinski definition) is 4. The number of carbonyl (C=O) groups excluding carboxylic acids is 1. The standard InChI is InChI=1S/C25H26N2O3S/c1-2-31(29,30)24-13-9-19(10-14-24)15-25(28)26-23-11-7-20(8-12-23)16-27-17-21-5-3-4-6-22(21)18-27/h3-14H,2,15-18H2,1H3,(H,26,28). The van der Waals surface area contributed by atoms with Gasteiger partial charge in [-0.15, -0.1) is 0 Å². The largest absolute Gasteiger partial charge is 0.326 e. The first-order valence-corrected chi connectivity index (χ1v) is 12.1. The Morgan fingerprint density at radius 3 is 2.03 bits per heavy atom. The molecule has 3 aromatic carbocycles. The molecule has 1 heterocycles. The third-order valence-electron chi connectivity index (χ3n) is 5.58. The van der Waals surface area contributed by atoms with Crippen LogP contribution in [0.25, 0.3) is 0 Å². The van der Waals surface area contributed by atoms with Crippen molar-refractivity contribution in [2.45, 2.75) is 37.9 Å². The number of hydrogen-bond donors (Lipinski definition) is 1. The summed E-state index contributed by atoms with van der Waals surface area (Å²) in [6, 6.07) is 23.0. The molecule has 0 spiro atoms. The lowest BCUT2D eigenvalue weighted by molar-refractivity contribution is -0.115. The average molecular weight is 435 g/mol. The van der Waals surface area contributed by atoms with Crippen LogP contribution in [0.15, 0.2) is 77.7 Å². The van der Waals surface area contributed by atoms with Crippen LogP contribution in [-0.4, -0.2) is 25.0 Å². The number of rotatable bonds is 7. The molecular formula is C25H26N2O3S. The van der Waals surface area contributed by atoms with E-state index in [0.717, 1.165) is 30.9 Å². The van der Waals surface area contributed by atoms with Crippen LogP contribution in [-0.2, 0) is 40.7 Å². The molecule has 0 aromatic heterocycles. The van der Waals surface area contributed by atoms with E-state index in [-0.39, 0.29) is 23.0 Å². The van der Waals surface area contributed by atoms with E-state index in [1.165, 1.54) is 16.7 Å². The SMILES string of the molecule is CCS(=O)(=O)c1ccc(CC(=O)Nc2ccc(CN3Cc4ccccc4C3)cc2)cc1. The van der Waals surface area contributed by atoms with Crippen molar-refractivity contribution in [1.82, 2.24) is 4.90 Å². The summed E-state index contributed by atoms with van der Waals surface area (Å²) >= 11 is 0. The van der Waals surface area contributed by atoms with Crippen LogP contribution in [0.1, 0.15) is 29.2 Å². The molecule has 1 aliphatic rings. The van der Waals surface area contributed by atoms with Gasteiger partial charge in [0.25, 0.3) is 0 Å². The number of nitrogens with one attached hydrogen (secondary N) is 1. The number of fused-ring (bicyclic) bond motifs is 1. The zero-order valence-corrected chi connectivity index (χ0v) is 18.4. The summed E-state index contributed by atoms with van der Waals surface area (Å²) in [7, 11) is -3.22. The highest BCUT2D eigenvalue weighted by atomic mass is 32.2. The smallest absolute Gasteiger partial charge is 0.228 e. The number of sulfone groups is 1. The second kappa shape index (κ2) is 9.04. The zero-order valence-electron chi connectivity index (χ0n) is 17.5. The van der Waals surface area contributed by atoms with Gasteiger partial charge < -0.3 is 5.32 Å². The maximum absolute atomic E-state index is 12.4. The van der Waals surface area contributed by atoms with Crippen molar-refractivity contribution in [2.75, 3.05) is 11.1 Å². The normalized spacial score (nSPS) is 13.7. The van der Waals surface area contributed by atoms with Crippen molar-refractivity contribution in [1.29, 1.82) is 0 Å². The molecule has 5 nitrogen and oxygen atoms in total. The molecule has 0 unspecified atom stereocenters. The first-order chi connectivity index (χ1) is 14.9. The highest BCUT2D eigenvalue weighted by Gasteiger charge is 2.18. The van der Waals surface area contributed by atoms with Gasteiger partial charge in [-0.1, -0.05) is 55.5 Å². The lowest BCUT2D eigenvalue weighted by Crippen LogP contribution is -2.16. The molecule has 3 aromatic rings. The minimum atomic E-state index is -3.22. The Hall–Kier alpha value is -2.96. The summed E-state index contributed by atoms with van der Waals surface area (Å²) in [5.41, 5.74) is 5.53. The Morgan fingerprint density at radius 2 is 1.45 bits per heavy atom. The van der Waals surface area contributed by atoms with Crippen molar-refractivity contribution in [3.8, 4) is 0 Å². The molecular weight excluding hydrogens is 408 g/mol. The van der Waals surface area contributed by atoms with Gasteiger partial charge in [0.2, 0.25) is 5.91 Å².